The number of rotatable bonds is 21. The standard InChI is InChI=1S/C69H72N4O4.C52H55N3O3/c1-65(2,3)57-21-13-17-45(61(57)74)41-70-53-33-25-49(26-34-53)69(50-27-35-54(36-28-50)71-42-46-18-14-22-58(62(46)75)66(4,5)6,51-29-37-55(38-30-51)72-43-47-19-15-23-59(63(47)76)67(7,8)9)52-31-39-56(40-32-52)73-44-48-20-16-24-60(64(48)77)68(10,11)12;1-50(2,3)43-16-10-13-37(47(43)56)31-53-40-25-19-34(20-26-40)46(35-21-27-41(28-22-35)54-32-38-14-11-17-44(48(38)57)51(4,5)6)36-23-29-42(30-24-36)55-33-39-15-12-18-45(49(39)58)52(7,8)9/h13-44,74-77H,1-12H3;10-33,46,56-58H,1-9H3. The molecule has 7 N–H and O–H groups in total. The number of benzene rings is 14. The Kier molecular flexibility index (Phi) is 29.0. The van der Waals surface area contributed by atoms with Gasteiger partial charge in [0.2, 0.25) is 0 Å². The summed E-state index contributed by atoms with van der Waals surface area (Å²) in [6.07, 6.45) is 12.0. The van der Waals surface area contributed by atoms with E-state index >= 15 is 0 Å². The normalized spacial score (nSPS) is 13.4. The van der Waals surface area contributed by atoms with Crippen molar-refractivity contribution in [3.8, 4) is 40.2 Å². The predicted molar refractivity (Wildman–Crippen MR) is 563 cm³/mol. The lowest BCUT2D eigenvalue weighted by molar-refractivity contribution is 0.445. The molecule has 0 aliphatic heterocycles. The van der Waals surface area contributed by atoms with Gasteiger partial charge in [0.1, 0.15) is 40.2 Å². The number of para-hydroxylation sites is 7. The van der Waals surface area contributed by atoms with Crippen molar-refractivity contribution in [2.24, 2.45) is 34.9 Å². The first-order chi connectivity index (χ1) is 63.7. The second kappa shape index (κ2) is 40.0. The molecular weight excluding hydrogens is 1660 g/mol. The molecule has 0 aliphatic rings. The van der Waals surface area contributed by atoms with E-state index in [1.165, 1.54) is 0 Å². The fourth-order valence-corrected chi connectivity index (χ4v) is 16.9. The molecule has 0 amide bonds. The number of hydrogen-bond donors (Lipinski definition) is 7. The maximum atomic E-state index is 11.3. The molecule has 14 rings (SSSR count). The van der Waals surface area contributed by atoms with Gasteiger partial charge in [-0.1, -0.05) is 315 Å². The molecule has 14 aromatic carbocycles. The number of aromatic hydroxyl groups is 7. The van der Waals surface area contributed by atoms with E-state index in [1.807, 2.05) is 212 Å². The number of aliphatic imine (C=N–C) groups is 7. The average molecular weight is 1790 g/mol. The van der Waals surface area contributed by atoms with E-state index in [-0.39, 0.29) is 84.1 Å². The van der Waals surface area contributed by atoms with Crippen molar-refractivity contribution >= 4 is 83.3 Å². The molecule has 0 bridgehead atoms. The zero-order valence-electron chi connectivity index (χ0n) is 81.7. The zero-order valence-corrected chi connectivity index (χ0v) is 81.7. The van der Waals surface area contributed by atoms with Crippen LogP contribution in [0.2, 0.25) is 0 Å². The second-order valence-electron chi connectivity index (χ2n) is 41.9. The largest absolute Gasteiger partial charge is 0.507 e. The Balaban J connectivity index is 0.000000238. The molecule has 0 saturated heterocycles. The fourth-order valence-electron chi connectivity index (χ4n) is 16.9. The number of phenols is 7. The highest BCUT2D eigenvalue weighted by molar-refractivity contribution is 5.91. The van der Waals surface area contributed by atoms with Gasteiger partial charge >= 0.3 is 0 Å². The Morgan fingerprint density at radius 1 is 0.170 bits per heavy atom. The molecule has 135 heavy (non-hydrogen) atoms. The van der Waals surface area contributed by atoms with Gasteiger partial charge in [0.25, 0.3) is 0 Å². The zero-order chi connectivity index (χ0) is 97.3. The van der Waals surface area contributed by atoms with Gasteiger partial charge in [-0.25, -0.2) is 0 Å². The minimum absolute atomic E-state index is 0.110. The molecule has 0 aromatic heterocycles. The molecule has 0 aliphatic carbocycles. The molecule has 14 aromatic rings. The fraction of sp³-hybridized carbons (Fsp3) is 0.248. The van der Waals surface area contributed by atoms with Gasteiger partial charge < -0.3 is 35.7 Å². The summed E-state index contributed by atoms with van der Waals surface area (Å²) in [5.41, 5.74) is 20.3. The molecule has 0 radical (unpaired) electrons. The third-order valence-corrected chi connectivity index (χ3v) is 24.5. The summed E-state index contributed by atoms with van der Waals surface area (Å²) in [6.45, 7) is 43.6. The van der Waals surface area contributed by atoms with Gasteiger partial charge in [0.05, 0.1) is 45.2 Å². The molecule has 0 saturated carbocycles. The minimum Gasteiger partial charge on any atom is -0.507 e. The van der Waals surface area contributed by atoms with Crippen molar-refractivity contribution in [1.82, 2.24) is 0 Å². The van der Waals surface area contributed by atoms with Crippen LogP contribution >= 0.6 is 0 Å². The van der Waals surface area contributed by atoms with Crippen molar-refractivity contribution in [1.29, 1.82) is 0 Å². The lowest BCUT2D eigenvalue weighted by atomic mass is 9.65. The van der Waals surface area contributed by atoms with Crippen molar-refractivity contribution in [3.05, 3.63) is 414 Å². The monoisotopic (exact) mass is 1790 g/mol. The van der Waals surface area contributed by atoms with Crippen molar-refractivity contribution < 1.29 is 35.7 Å². The van der Waals surface area contributed by atoms with E-state index in [2.05, 4.69) is 230 Å². The summed E-state index contributed by atoms with van der Waals surface area (Å²) >= 11 is 0. The smallest absolute Gasteiger partial charge is 0.128 e. The van der Waals surface area contributed by atoms with Crippen LogP contribution in [0.25, 0.3) is 0 Å². The van der Waals surface area contributed by atoms with Crippen molar-refractivity contribution in [3.63, 3.8) is 0 Å². The van der Waals surface area contributed by atoms with Crippen LogP contribution in [0.5, 0.6) is 40.2 Å². The van der Waals surface area contributed by atoms with Crippen LogP contribution in [0.15, 0.2) is 332 Å². The summed E-state index contributed by atoms with van der Waals surface area (Å²) in [5.74, 6) is 1.51. The average Bonchev–Trinajstić information content (AvgIpc) is 0.728. The third-order valence-electron chi connectivity index (χ3n) is 24.5. The van der Waals surface area contributed by atoms with E-state index in [0.717, 1.165) is 95.0 Å². The van der Waals surface area contributed by atoms with E-state index in [0.29, 0.717) is 61.7 Å². The highest BCUT2D eigenvalue weighted by Crippen LogP contribution is 2.49. The van der Waals surface area contributed by atoms with Gasteiger partial charge in [0.15, 0.2) is 0 Å². The first kappa shape index (κ1) is 97.9. The summed E-state index contributed by atoms with van der Waals surface area (Å²) < 4.78 is 0. The summed E-state index contributed by atoms with van der Waals surface area (Å²) in [5, 5.41) is 78.0. The van der Waals surface area contributed by atoms with Gasteiger partial charge in [-0.05, 0) is 243 Å². The summed E-state index contributed by atoms with van der Waals surface area (Å²) in [4.78, 5) is 33.6. The highest BCUT2D eigenvalue weighted by Gasteiger charge is 2.39. The molecule has 0 atom stereocenters. The van der Waals surface area contributed by atoms with Crippen molar-refractivity contribution in [2.45, 2.75) is 195 Å². The van der Waals surface area contributed by atoms with Crippen LogP contribution in [0, 0.1) is 0 Å². The van der Waals surface area contributed by atoms with E-state index in [9.17, 15) is 35.7 Å². The molecule has 688 valence electrons. The van der Waals surface area contributed by atoms with E-state index in [1.54, 1.807) is 43.5 Å². The number of nitrogens with zero attached hydrogens (tertiary/aromatic N) is 7. The second-order valence-corrected chi connectivity index (χ2v) is 41.9. The Labute approximate surface area is 798 Å². The SMILES string of the molecule is CC(C)(C)c1cccc(C=Nc2ccc(C(c3ccc(N=Cc4cccc(C(C)(C)C)c4O)cc3)(c3ccc(N=Cc4cccc(C(C)(C)C)c4O)cc3)c3ccc(N=Cc4cccc(C(C)(C)C)c4O)cc3)cc2)c1O.CC(C)(C)c1cccc(C=Nc2ccc(C(c3ccc(N=Cc4cccc(C(C)(C)C)c4O)cc3)c3ccc(N=Cc4cccc(C(C)(C)C)c4O)cc3)cc2)c1O. The van der Waals surface area contributed by atoms with Crippen LogP contribution in [0.4, 0.5) is 39.8 Å². The van der Waals surface area contributed by atoms with Crippen LogP contribution < -0.4 is 0 Å². The van der Waals surface area contributed by atoms with Crippen LogP contribution in [0.1, 0.15) is 268 Å². The highest BCUT2D eigenvalue weighted by atomic mass is 16.3. The molecular formula is C121H127N7O7. The van der Waals surface area contributed by atoms with E-state index < -0.39 is 5.41 Å². The van der Waals surface area contributed by atoms with Gasteiger partial charge in [-0.3, -0.25) is 34.9 Å². The van der Waals surface area contributed by atoms with Crippen molar-refractivity contribution in [2.75, 3.05) is 0 Å². The Hall–Kier alpha value is -14.6. The molecule has 0 spiro atoms. The number of phenolic OH excluding ortho intramolecular Hbond substituents is 7. The Morgan fingerprint density at radius 2 is 0.296 bits per heavy atom. The third kappa shape index (κ3) is 23.2. The molecule has 14 heteroatoms. The van der Waals surface area contributed by atoms with E-state index in [4.69, 9.17) is 34.9 Å². The first-order valence-electron chi connectivity index (χ1n) is 46.0. The predicted octanol–water partition coefficient (Wildman–Crippen LogP) is 30.2. The Morgan fingerprint density at radius 3 is 0.422 bits per heavy atom. The van der Waals surface area contributed by atoms with Gasteiger partial charge in [-0.2, -0.15) is 0 Å². The first-order valence-corrected chi connectivity index (χ1v) is 46.0. The molecule has 0 heterocycles. The molecule has 0 unspecified atom stereocenters. The van der Waals surface area contributed by atoms with Crippen LogP contribution in [-0.4, -0.2) is 79.2 Å². The lowest BCUT2D eigenvalue weighted by Gasteiger charge is -2.37. The van der Waals surface area contributed by atoms with Gasteiger partial charge in [0, 0.05) is 88.4 Å². The maximum Gasteiger partial charge on any atom is 0.128 e. The summed E-state index contributed by atoms with van der Waals surface area (Å²) in [7, 11) is 0. The van der Waals surface area contributed by atoms with Crippen LogP contribution in [0.3, 0.4) is 0 Å². The summed E-state index contributed by atoms with van der Waals surface area (Å²) in [6, 6.07) is 97.7. The van der Waals surface area contributed by atoms with Gasteiger partial charge in [-0.15, -0.1) is 0 Å². The van der Waals surface area contributed by atoms with Crippen LogP contribution in [-0.2, 0) is 43.3 Å². The topological polar surface area (TPSA) is 228 Å². The lowest BCUT2D eigenvalue weighted by Crippen LogP contribution is -2.30. The quantitative estimate of drug-likeness (QED) is 0.0272. The maximum absolute atomic E-state index is 11.3. The Bertz CT molecular complexity index is 6020. The molecule has 0 fully saturated rings. The minimum atomic E-state index is -0.938. The molecule has 14 nitrogen and oxygen atoms in total. The number of hydrogen-bond acceptors (Lipinski definition) is 14.